The monoisotopic (exact) mass is 388 g/mol. The highest BCUT2D eigenvalue weighted by atomic mass is 32.1. The van der Waals surface area contributed by atoms with Crippen molar-refractivity contribution in [3.63, 3.8) is 0 Å². The van der Waals surface area contributed by atoms with Gasteiger partial charge in [0.25, 0.3) is 0 Å². The Balaban J connectivity index is 1.71. The smallest absolute Gasteiger partial charge is 0.237 e. The first-order valence-electron chi connectivity index (χ1n) is 9.07. The molecule has 0 aliphatic carbocycles. The summed E-state index contributed by atoms with van der Waals surface area (Å²) >= 11 is 1.36. The van der Waals surface area contributed by atoms with Crippen LogP contribution in [-0.4, -0.2) is 48.2 Å². The Hall–Kier alpha value is -2.36. The predicted molar refractivity (Wildman–Crippen MR) is 107 cm³/mol. The highest BCUT2D eigenvalue weighted by molar-refractivity contribution is 7.20. The first-order chi connectivity index (χ1) is 13.2. The molecule has 2 heterocycles. The second-order valence-corrected chi connectivity index (χ2v) is 7.44. The average Bonchev–Trinajstić information content (AvgIpc) is 3.35. The highest BCUT2D eigenvalue weighted by Crippen LogP contribution is 2.23. The van der Waals surface area contributed by atoms with Crippen molar-refractivity contribution in [2.45, 2.75) is 37.8 Å². The number of hydrogen-bond donors (Lipinski definition) is 4. The zero-order valence-corrected chi connectivity index (χ0v) is 15.8. The van der Waals surface area contributed by atoms with Crippen molar-refractivity contribution in [3.05, 3.63) is 29.3 Å². The summed E-state index contributed by atoms with van der Waals surface area (Å²) in [5, 5.41) is 6.50. The number of thiazole rings is 1. The predicted octanol–water partition coefficient (Wildman–Crippen LogP) is 0.988. The third-order valence-corrected chi connectivity index (χ3v) is 5.51. The van der Waals surface area contributed by atoms with Crippen LogP contribution in [0.15, 0.2) is 29.3 Å². The van der Waals surface area contributed by atoms with E-state index in [-0.39, 0.29) is 17.7 Å². The van der Waals surface area contributed by atoms with Crippen molar-refractivity contribution in [2.75, 3.05) is 13.1 Å². The number of hydrazine groups is 1. The van der Waals surface area contributed by atoms with Crippen molar-refractivity contribution < 1.29 is 9.59 Å². The molecule has 1 aromatic heterocycles. The number of carbonyl (C=O) groups excluding carboxylic acids is 2. The van der Waals surface area contributed by atoms with Crippen molar-refractivity contribution in [2.24, 2.45) is 10.8 Å². The Labute approximate surface area is 161 Å². The number of ketones is 1. The van der Waals surface area contributed by atoms with E-state index in [9.17, 15) is 9.59 Å². The quantitative estimate of drug-likeness (QED) is 0.127. The van der Waals surface area contributed by atoms with Gasteiger partial charge in [-0.05, 0) is 44.4 Å². The molecule has 144 valence electrons. The average molecular weight is 388 g/mol. The van der Waals surface area contributed by atoms with E-state index >= 15 is 0 Å². The van der Waals surface area contributed by atoms with Crippen LogP contribution < -0.4 is 21.9 Å². The number of fused-ring (bicyclic) bond motifs is 1. The summed E-state index contributed by atoms with van der Waals surface area (Å²) in [7, 11) is 0. The molecule has 8 nitrogen and oxygen atoms in total. The van der Waals surface area contributed by atoms with E-state index in [2.05, 4.69) is 26.0 Å². The first kappa shape index (κ1) is 19.4. The normalized spacial score (nSPS) is 18.0. The standard InChI is InChI=1S/C18H24N6O2S/c19-22-11-20-9-3-6-13(23-17(26)14-7-4-10-21-14)16(25)18-24-12-5-1-2-8-15(12)27-18/h1-2,5,8,11,13-14,21H,3-4,6-7,9-10,19H2,(H,20,22)(H,23,26)/t13-,14+/m1/s1. The fourth-order valence-corrected chi connectivity index (χ4v) is 4.04. The molecule has 5 N–H and O–H groups in total. The van der Waals surface area contributed by atoms with Crippen LogP contribution in [0.4, 0.5) is 0 Å². The van der Waals surface area contributed by atoms with Crippen LogP contribution in [0, 0.1) is 0 Å². The number of para-hydroxylation sites is 1. The SMILES string of the molecule is NNC=NCCC[C@@H](NC(=O)[C@@H]1CCCN1)C(=O)c1nc2ccccc2s1. The molecule has 0 bridgehead atoms. The van der Waals surface area contributed by atoms with Crippen LogP contribution in [0.25, 0.3) is 10.2 Å². The van der Waals surface area contributed by atoms with E-state index in [1.165, 1.54) is 17.7 Å². The lowest BCUT2D eigenvalue weighted by Gasteiger charge is -2.19. The molecule has 1 saturated heterocycles. The third-order valence-electron chi connectivity index (χ3n) is 4.46. The van der Waals surface area contributed by atoms with Gasteiger partial charge in [-0.1, -0.05) is 12.1 Å². The van der Waals surface area contributed by atoms with Gasteiger partial charge in [0, 0.05) is 6.54 Å². The molecule has 1 aromatic carbocycles. The van der Waals surface area contributed by atoms with Gasteiger partial charge in [-0.25, -0.2) is 10.8 Å². The van der Waals surface area contributed by atoms with Gasteiger partial charge in [0.1, 0.15) is 0 Å². The van der Waals surface area contributed by atoms with Gasteiger partial charge in [0.2, 0.25) is 11.7 Å². The van der Waals surface area contributed by atoms with Crippen molar-refractivity contribution in [1.29, 1.82) is 0 Å². The van der Waals surface area contributed by atoms with Crippen LogP contribution in [0.3, 0.4) is 0 Å². The van der Waals surface area contributed by atoms with Gasteiger partial charge < -0.3 is 16.1 Å². The molecule has 27 heavy (non-hydrogen) atoms. The van der Waals surface area contributed by atoms with Gasteiger partial charge in [-0.2, -0.15) is 0 Å². The number of Topliss-reactive ketones (excluding diaryl/α,β-unsaturated/α-hetero) is 1. The summed E-state index contributed by atoms with van der Waals surface area (Å²) in [5.74, 6) is 4.87. The topological polar surface area (TPSA) is 121 Å². The lowest BCUT2D eigenvalue weighted by Crippen LogP contribution is -2.48. The molecule has 2 atom stereocenters. The minimum absolute atomic E-state index is 0.126. The van der Waals surface area contributed by atoms with Crippen LogP contribution in [0.5, 0.6) is 0 Å². The second-order valence-electron chi connectivity index (χ2n) is 6.41. The molecule has 1 aliphatic heterocycles. The number of carbonyl (C=O) groups is 2. The van der Waals surface area contributed by atoms with Gasteiger partial charge >= 0.3 is 0 Å². The van der Waals surface area contributed by atoms with Crippen LogP contribution >= 0.6 is 11.3 Å². The van der Waals surface area contributed by atoms with Crippen LogP contribution in [0.2, 0.25) is 0 Å². The van der Waals surface area contributed by atoms with Crippen molar-refractivity contribution in [1.82, 2.24) is 21.0 Å². The number of aliphatic imine (C=N–C) groups is 1. The largest absolute Gasteiger partial charge is 0.344 e. The van der Waals surface area contributed by atoms with Gasteiger partial charge in [-0.15, -0.1) is 11.3 Å². The second kappa shape index (κ2) is 9.54. The van der Waals surface area contributed by atoms with Gasteiger partial charge in [-0.3, -0.25) is 14.6 Å². The van der Waals surface area contributed by atoms with E-state index in [1.807, 2.05) is 24.3 Å². The summed E-state index contributed by atoms with van der Waals surface area (Å²) in [6.07, 6.45) is 4.31. The lowest BCUT2D eigenvalue weighted by atomic mass is 10.1. The maximum Gasteiger partial charge on any atom is 0.237 e. The Morgan fingerprint density at radius 1 is 1.44 bits per heavy atom. The fourth-order valence-electron chi connectivity index (χ4n) is 3.08. The summed E-state index contributed by atoms with van der Waals surface area (Å²) in [5.41, 5.74) is 3.14. The molecule has 1 fully saturated rings. The van der Waals surface area contributed by atoms with Crippen LogP contribution in [-0.2, 0) is 4.79 Å². The number of nitrogens with zero attached hydrogens (tertiary/aromatic N) is 2. The van der Waals surface area contributed by atoms with Crippen LogP contribution in [0.1, 0.15) is 35.5 Å². The zero-order valence-electron chi connectivity index (χ0n) is 15.0. The number of aromatic nitrogens is 1. The Kier molecular flexibility index (Phi) is 6.86. The maximum absolute atomic E-state index is 13.0. The molecule has 2 aromatic rings. The van der Waals surface area contributed by atoms with E-state index < -0.39 is 6.04 Å². The first-order valence-corrected chi connectivity index (χ1v) is 9.88. The van der Waals surface area contributed by atoms with E-state index in [4.69, 9.17) is 5.84 Å². The molecular formula is C18H24N6O2S. The van der Waals surface area contributed by atoms with E-state index in [0.29, 0.717) is 24.4 Å². The Bertz CT molecular complexity index is 782. The molecular weight excluding hydrogens is 364 g/mol. The molecule has 0 unspecified atom stereocenters. The molecule has 0 saturated carbocycles. The number of hydrogen-bond acceptors (Lipinski definition) is 7. The van der Waals surface area contributed by atoms with E-state index in [1.54, 1.807) is 0 Å². The van der Waals surface area contributed by atoms with E-state index in [0.717, 1.165) is 29.6 Å². The third kappa shape index (κ3) is 5.09. The van der Waals surface area contributed by atoms with Crippen molar-refractivity contribution >= 4 is 39.6 Å². The lowest BCUT2D eigenvalue weighted by molar-refractivity contribution is -0.123. The number of nitrogens with one attached hydrogen (secondary N) is 3. The molecule has 1 amide bonds. The number of nitrogens with two attached hydrogens (primary N) is 1. The highest BCUT2D eigenvalue weighted by Gasteiger charge is 2.29. The Morgan fingerprint density at radius 3 is 3.04 bits per heavy atom. The Morgan fingerprint density at radius 2 is 2.30 bits per heavy atom. The maximum atomic E-state index is 13.0. The molecule has 0 spiro atoms. The van der Waals surface area contributed by atoms with Gasteiger partial charge in [0.05, 0.1) is 28.6 Å². The molecule has 9 heteroatoms. The minimum atomic E-state index is -0.610. The van der Waals surface area contributed by atoms with Crippen molar-refractivity contribution in [3.8, 4) is 0 Å². The fraction of sp³-hybridized carbons (Fsp3) is 0.444. The zero-order chi connectivity index (χ0) is 19.1. The molecule has 3 rings (SSSR count). The number of rotatable bonds is 9. The summed E-state index contributed by atoms with van der Waals surface area (Å²) < 4.78 is 0.960. The molecule has 1 aliphatic rings. The summed E-state index contributed by atoms with van der Waals surface area (Å²) in [6, 6.07) is 6.80. The number of benzene rings is 1. The number of amides is 1. The molecule has 0 radical (unpaired) electrons. The van der Waals surface area contributed by atoms with Gasteiger partial charge in [0.15, 0.2) is 5.01 Å². The minimum Gasteiger partial charge on any atom is -0.344 e. The summed E-state index contributed by atoms with van der Waals surface area (Å²) in [6.45, 7) is 1.35. The summed E-state index contributed by atoms with van der Waals surface area (Å²) in [4.78, 5) is 34.0.